The lowest BCUT2D eigenvalue weighted by Crippen LogP contribution is -2.34. The van der Waals surface area contributed by atoms with E-state index in [0.29, 0.717) is 11.4 Å². The van der Waals surface area contributed by atoms with Gasteiger partial charge in [0.1, 0.15) is 6.10 Å². The Morgan fingerprint density at radius 1 is 1.04 bits per heavy atom. The molecule has 0 radical (unpaired) electrons. The Kier molecular flexibility index (Phi) is 4.99. The normalized spacial score (nSPS) is 17.3. The zero-order valence-electron chi connectivity index (χ0n) is 13.1. The Hall–Kier alpha value is -1.84. The molecule has 120 valence electrons. The van der Waals surface area contributed by atoms with Gasteiger partial charge in [0, 0.05) is 25.1 Å². The van der Waals surface area contributed by atoms with E-state index in [9.17, 15) is 4.79 Å². The van der Waals surface area contributed by atoms with Gasteiger partial charge in [0.05, 0.1) is 6.04 Å². The van der Waals surface area contributed by atoms with Crippen LogP contribution in [0.3, 0.4) is 0 Å². The summed E-state index contributed by atoms with van der Waals surface area (Å²) in [6.45, 7) is 0.770. The number of ether oxygens (including phenoxy) is 1. The summed E-state index contributed by atoms with van der Waals surface area (Å²) in [7, 11) is 1.69. The molecule has 1 saturated heterocycles. The van der Waals surface area contributed by atoms with Gasteiger partial charge < -0.3 is 9.64 Å². The van der Waals surface area contributed by atoms with Gasteiger partial charge in [-0.25, -0.2) is 0 Å². The maximum absolute atomic E-state index is 12.3. The van der Waals surface area contributed by atoms with E-state index < -0.39 is 0 Å². The van der Waals surface area contributed by atoms with Gasteiger partial charge in [-0.05, 0) is 29.7 Å². The highest BCUT2D eigenvalue weighted by Crippen LogP contribution is 2.39. The quantitative estimate of drug-likeness (QED) is 0.814. The third-order valence-corrected chi connectivity index (χ3v) is 4.58. The molecular weight excluding hydrogens is 310 g/mol. The molecule has 0 bridgehead atoms. The minimum Gasteiger partial charge on any atom is -0.374 e. The van der Waals surface area contributed by atoms with Crippen LogP contribution in [-0.2, 0) is 9.53 Å². The number of nitrogens with zero attached hydrogens (tertiary/aromatic N) is 1. The van der Waals surface area contributed by atoms with Crippen LogP contribution in [0.5, 0.6) is 0 Å². The van der Waals surface area contributed by atoms with Crippen molar-refractivity contribution in [3.63, 3.8) is 0 Å². The number of likely N-dealkylation sites (tertiary alicyclic amines) is 1. The van der Waals surface area contributed by atoms with Gasteiger partial charge in [0.2, 0.25) is 5.91 Å². The molecule has 0 aliphatic carbocycles. The van der Waals surface area contributed by atoms with Crippen LogP contribution in [0.25, 0.3) is 0 Å². The van der Waals surface area contributed by atoms with Crippen molar-refractivity contribution in [2.75, 3.05) is 13.7 Å². The molecule has 1 aliphatic rings. The Labute approximate surface area is 141 Å². The first-order chi connectivity index (χ1) is 11.2. The van der Waals surface area contributed by atoms with Crippen molar-refractivity contribution in [1.29, 1.82) is 0 Å². The van der Waals surface area contributed by atoms with Gasteiger partial charge >= 0.3 is 0 Å². The van der Waals surface area contributed by atoms with Crippen LogP contribution in [0.2, 0.25) is 5.02 Å². The highest BCUT2D eigenvalue weighted by molar-refractivity contribution is 6.30. The van der Waals surface area contributed by atoms with E-state index in [1.54, 1.807) is 7.11 Å². The van der Waals surface area contributed by atoms with Crippen LogP contribution < -0.4 is 0 Å². The fraction of sp³-hybridized carbons (Fsp3) is 0.316. The number of amides is 1. The van der Waals surface area contributed by atoms with Crippen molar-refractivity contribution in [3.05, 3.63) is 70.7 Å². The first-order valence-electron chi connectivity index (χ1n) is 7.83. The fourth-order valence-corrected chi connectivity index (χ4v) is 3.36. The second-order valence-corrected chi connectivity index (χ2v) is 6.19. The Bertz CT molecular complexity index is 657. The molecule has 1 amide bonds. The van der Waals surface area contributed by atoms with Crippen LogP contribution in [-0.4, -0.2) is 24.5 Å². The Morgan fingerprint density at radius 2 is 1.74 bits per heavy atom. The largest absolute Gasteiger partial charge is 0.374 e. The van der Waals surface area contributed by atoms with Gasteiger partial charge in [-0.1, -0.05) is 54.1 Å². The highest BCUT2D eigenvalue weighted by atomic mass is 35.5. The second kappa shape index (κ2) is 7.16. The molecule has 3 nitrogen and oxygen atoms in total. The summed E-state index contributed by atoms with van der Waals surface area (Å²) >= 11 is 6.00. The van der Waals surface area contributed by atoms with E-state index >= 15 is 0 Å². The van der Waals surface area contributed by atoms with Gasteiger partial charge in [-0.2, -0.15) is 0 Å². The molecule has 2 atom stereocenters. The van der Waals surface area contributed by atoms with Crippen LogP contribution in [0.4, 0.5) is 0 Å². The molecular formula is C19H20ClNO2. The summed E-state index contributed by atoms with van der Waals surface area (Å²) in [5.41, 5.74) is 2.11. The van der Waals surface area contributed by atoms with E-state index in [1.165, 1.54) is 0 Å². The lowest BCUT2D eigenvalue weighted by molar-refractivity contribution is -0.133. The summed E-state index contributed by atoms with van der Waals surface area (Å²) in [4.78, 5) is 14.3. The molecule has 0 saturated carbocycles. The minimum absolute atomic E-state index is 0.127. The predicted molar refractivity (Wildman–Crippen MR) is 91.3 cm³/mol. The average Bonchev–Trinajstić information content (AvgIpc) is 3.00. The second-order valence-electron chi connectivity index (χ2n) is 5.75. The monoisotopic (exact) mass is 329 g/mol. The lowest BCUT2D eigenvalue weighted by Gasteiger charge is -2.34. The van der Waals surface area contributed by atoms with E-state index in [-0.39, 0.29) is 18.1 Å². The standard InChI is InChI=1S/C19H20ClNO2/c1-23-19(15-9-11-16(20)12-10-15)18(14-6-3-2-4-7-14)21-13-5-8-17(21)22/h2-4,6-7,9-12,18-19H,5,8,13H2,1H3/t18?,19-/m0/s1. The molecule has 23 heavy (non-hydrogen) atoms. The molecule has 0 spiro atoms. The van der Waals surface area contributed by atoms with Gasteiger partial charge in [0.25, 0.3) is 0 Å². The van der Waals surface area contributed by atoms with Gasteiger partial charge in [0.15, 0.2) is 0 Å². The summed E-state index contributed by atoms with van der Waals surface area (Å²) in [6, 6.07) is 17.6. The third kappa shape index (κ3) is 3.41. The number of benzene rings is 2. The number of hydrogen-bond donors (Lipinski definition) is 0. The molecule has 2 aromatic carbocycles. The molecule has 1 fully saturated rings. The van der Waals surface area contributed by atoms with E-state index in [1.807, 2.05) is 47.4 Å². The average molecular weight is 330 g/mol. The van der Waals surface area contributed by atoms with Crippen molar-refractivity contribution < 1.29 is 9.53 Å². The van der Waals surface area contributed by atoms with E-state index in [4.69, 9.17) is 16.3 Å². The molecule has 0 N–H and O–H groups in total. The topological polar surface area (TPSA) is 29.5 Å². The number of halogens is 1. The van der Waals surface area contributed by atoms with Crippen molar-refractivity contribution in [2.24, 2.45) is 0 Å². The van der Waals surface area contributed by atoms with Crippen molar-refractivity contribution >= 4 is 17.5 Å². The SMILES string of the molecule is CO[C@@H](c1ccc(Cl)cc1)C(c1ccccc1)N1CCCC1=O. The molecule has 4 heteroatoms. The highest BCUT2D eigenvalue weighted by Gasteiger charge is 2.35. The first kappa shape index (κ1) is 16.0. The van der Waals surface area contributed by atoms with Crippen molar-refractivity contribution in [2.45, 2.75) is 25.0 Å². The summed E-state index contributed by atoms with van der Waals surface area (Å²) in [5, 5.41) is 0.692. The smallest absolute Gasteiger partial charge is 0.223 e. The number of rotatable bonds is 5. The van der Waals surface area contributed by atoms with Gasteiger partial charge in [-0.3, -0.25) is 4.79 Å². The maximum Gasteiger partial charge on any atom is 0.223 e. The first-order valence-corrected chi connectivity index (χ1v) is 8.21. The zero-order valence-corrected chi connectivity index (χ0v) is 13.9. The fourth-order valence-electron chi connectivity index (χ4n) is 3.23. The zero-order chi connectivity index (χ0) is 16.2. The Balaban J connectivity index is 2.02. The number of methoxy groups -OCH3 is 1. The van der Waals surface area contributed by atoms with Crippen LogP contribution in [0.15, 0.2) is 54.6 Å². The molecule has 1 aliphatic heterocycles. The summed E-state index contributed by atoms with van der Waals surface area (Å²) < 4.78 is 5.82. The summed E-state index contributed by atoms with van der Waals surface area (Å²) in [6.07, 6.45) is 1.29. The summed E-state index contributed by atoms with van der Waals surface area (Å²) in [5.74, 6) is 0.190. The number of carbonyl (C=O) groups excluding carboxylic acids is 1. The van der Waals surface area contributed by atoms with Crippen LogP contribution in [0.1, 0.15) is 36.1 Å². The van der Waals surface area contributed by atoms with Crippen LogP contribution in [0, 0.1) is 0 Å². The maximum atomic E-state index is 12.3. The predicted octanol–water partition coefficient (Wildman–Crippen LogP) is 4.39. The van der Waals surface area contributed by atoms with Crippen molar-refractivity contribution in [1.82, 2.24) is 4.90 Å². The van der Waals surface area contributed by atoms with Crippen molar-refractivity contribution in [3.8, 4) is 0 Å². The van der Waals surface area contributed by atoms with E-state index in [0.717, 1.165) is 24.1 Å². The number of carbonyl (C=O) groups is 1. The molecule has 0 aromatic heterocycles. The van der Waals surface area contributed by atoms with E-state index in [2.05, 4.69) is 12.1 Å². The molecule has 1 heterocycles. The van der Waals surface area contributed by atoms with Gasteiger partial charge in [-0.15, -0.1) is 0 Å². The lowest BCUT2D eigenvalue weighted by atomic mass is 9.94. The minimum atomic E-state index is -0.225. The van der Waals surface area contributed by atoms with Crippen LogP contribution >= 0.6 is 11.6 Å². The number of hydrogen-bond acceptors (Lipinski definition) is 2. The molecule has 2 aromatic rings. The molecule has 1 unspecified atom stereocenters. The Morgan fingerprint density at radius 3 is 2.30 bits per heavy atom. The third-order valence-electron chi connectivity index (χ3n) is 4.33. The molecule has 3 rings (SSSR count).